The number of nitrogens with zero attached hydrogens (tertiary/aromatic N) is 4. The third-order valence-corrected chi connectivity index (χ3v) is 14.0. The van der Waals surface area contributed by atoms with Gasteiger partial charge in [-0.05, 0) is 68.9 Å². The molecule has 5 aliphatic rings. The Hall–Kier alpha value is -4.71. The zero-order valence-electron chi connectivity index (χ0n) is 36.5. The number of benzene rings is 1. The van der Waals surface area contributed by atoms with Gasteiger partial charge in [0.15, 0.2) is 5.13 Å². The lowest BCUT2D eigenvalue weighted by Crippen LogP contribution is -2.59. The summed E-state index contributed by atoms with van der Waals surface area (Å²) >= 11 is 8.54. The second kappa shape index (κ2) is 18.0. The van der Waals surface area contributed by atoms with Gasteiger partial charge >= 0.3 is 12.1 Å². The van der Waals surface area contributed by atoms with Gasteiger partial charge in [-0.1, -0.05) is 38.4 Å². The van der Waals surface area contributed by atoms with Crippen molar-refractivity contribution in [2.45, 2.75) is 103 Å². The Balaban J connectivity index is 1.09. The number of nitrogens with one attached hydrogen (secondary N) is 3. The van der Waals surface area contributed by atoms with E-state index in [1.165, 1.54) is 28.7 Å². The fourth-order valence-corrected chi connectivity index (χ4v) is 10.2. The molecule has 3 saturated carbocycles. The number of aliphatic carboxylic acids is 1. The summed E-state index contributed by atoms with van der Waals surface area (Å²) < 4.78 is 24.3. The number of pyridine rings is 1. The van der Waals surface area contributed by atoms with Crippen molar-refractivity contribution in [2.75, 3.05) is 51.3 Å². The van der Waals surface area contributed by atoms with Crippen LogP contribution in [0.2, 0.25) is 5.02 Å². The number of aromatic nitrogens is 2. The van der Waals surface area contributed by atoms with E-state index in [4.69, 9.17) is 40.5 Å². The highest BCUT2D eigenvalue weighted by molar-refractivity contribution is 7.14. The molecule has 18 heteroatoms. The van der Waals surface area contributed by atoms with Crippen LogP contribution in [0.25, 0.3) is 22.3 Å². The van der Waals surface area contributed by atoms with Gasteiger partial charge in [0.2, 0.25) is 11.8 Å². The van der Waals surface area contributed by atoms with Crippen LogP contribution in [0.4, 0.5) is 9.93 Å². The molecule has 2 aliphatic heterocycles. The molecule has 3 aliphatic carbocycles. The first-order valence-corrected chi connectivity index (χ1v) is 23.2. The molecule has 63 heavy (non-hydrogen) atoms. The molecule has 5 fully saturated rings. The third-order valence-electron chi connectivity index (χ3n) is 12.8. The van der Waals surface area contributed by atoms with E-state index in [2.05, 4.69) is 27.4 Å². The highest BCUT2D eigenvalue weighted by Gasteiger charge is 2.61. The smallest absolute Gasteiger partial charge is 0.408 e. The van der Waals surface area contributed by atoms with Crippen LogP contribution < -0.4 is 25.4 Å². The fraction of sp³-hybridized carbons (Fsp3) is 0.600. The highest BCUT2D eigenvalue weighted by atomic mass is 35.5. The van der Waals surface area contributed by atoms with Gasteiger partial charge in [-0.2, -0.15) is 0 Å². The van der Waals surface area contributed by atoms with Gasteiger partial charge in [0.05, 0.1) is 31.0 Å². The van der Waals surface area contributed by atoms with E-state index >= 15 is 0 Å². The Kier molecular flexibility index (Phi) is 12.9. The number of thiazole rings is 1. The van der Waals surface area contributed by atoms with Gasteiger partial charge < -0.3 is 44.9 Å². The average molecular weight is 909 g/mol. The molecule has 0 spiro atoms. The quantitative estimate of drug-likeness (QED) is 0.123. The number of carbonyl (C=O) groups is 4. The van der Waals surface area contributed by atoms with Gasteiger partial charge in [0.1, 0.15) is 58.7 Å². The normalized spacial score (nSPS) is 27.1. The van der Waals surface area contributed by atoms with Crippen LogP contribution in [0, 0.1) is 23.2 Å². The Morgan fingerprint density at radius 3 is 2.48 bits per heavy atom. The molecule has 2 aromatic heterocycles. The highest BCUT2D eigenvalue weighted by Crippen LogP contribution is 2.52. The molecule has 8 rings (SSSR count). The standard InChI is InChI=1S/C45H58ClN7O9S/c1-7-27-21-45(27,41(56)57)51-39(54)33-19-29(22-53(33)40(55)38(44(4,5)6)50-43(58)62-28-17-25-16-26(25)18-28)61-35-20-31(32-23-63-42(49-32)47-24(2)3)48-37-30(35)8-9-34(36(37)46)60-15-12-52-10-13-59-14-11-52/h7-9,20,23-29,33,38H,1,10-19,21-22H2,2-6H3,(H,47,49)(H,50,58)(H,51,54)(H,56,57)/t25-,26+,27-,28+,29-,33+,38-,45-/m1/s1. The lowest BCUT2D eigenvalue weighted by molar-refractivity contribution is -0.146. The Labute approximate surface area is 376 Å². The van der Waals surface area contributed by atoms with E-state index in [-0.39, 0.29) is 31.5 Å². The lowest BCUT2D eigenvalue weighted by atomic mass is 9.85. The summed E-state index contributed by atoms with van der Waals surface area (Å²) in [5.74, 6) is -0.784. The predicted octanol–water partition coefficient (Wildman–Crippen LogP) is 5.98. The number of hydrogen-bond acceptors (Lipinski definition) is 13. The molecule has 1 aromatic carbocycles. The summed E-state index contributed by atoms with van der Waals surface area (Å²) in [6, 6.07) is 3.30. The van der Waals surface area contributed by atoms with Crippen LogP contribution in [-0.4, -0.2) is 131 Å². The number of rotatable bonds is 16. The number of fused-ring (bicyclic) bond motifs is 2. The van der Waals surface area contributed by atoms with Crippen molar-refractivity contribution in [2.24, 2.45) is 23.2 Å². The number of carboxylic acid groups (broad SMARTS) is 1. The molecule has 4 heterocycles. The van der Waals surface area contributed by atoms with E-state index in [0.717, 1.165) is 25.9 Å². The van der Waals surface area contributed by atoms with E-state index in [0.29, 0.717) is 82.1 Å². The minimum Gasteiger partial charge on any atom is -0.491 e. The molecular formula is C45H58ClN7O9S. The minimum absolute atomic E-state index is 0.0208. The maximum Gasteiger partial charge on any atom is 0.408 e. The second-order valence-corrected chi connectivity index (χ2v) is 20.1. The Morgan fingerprint density at radius 2 is 1.81 bits per heavy atom. The summed E-state index contributed by atoms with van der Waals surface area (Å²) in [5.41, 5.74) is -0.841. The maximum absolute atomic E-state index is 14.8. The van der Waals surface area contributed by atoms with Crippen LogP contribution >= 0.6 is 22.9 Å². The van der Waals surface area contributed by atoms with Gasteiger partial charge in [-0.3, -0.25) is 14.5 Å². The average Bonchev–Trinajstić information content (AvgIpc) is 3.91. The number of alkyl carbamates (subject to hydrolysis) is 1. The molecule has 3 amide bonds. The Bertz CT molecular complexity index is 2230. The van der Waals surface area contributed by atoms with Gasteiger partial charge in [-0.15, -0.1) is 17.9 Å². The largest absolute Gasteiger partial charge is 0.491 e. The molecular weight excluding hydrogens is 850 g/mol. The van der Waals surface area contributed by atoms with Gasteiger partial charge in [-0.25, -0.2) is 19.6 Å². The van der Waals surface area contributed by atoms with E-state index in [1.807, 2.05) is 46.1 Å². The first-order valence-electron chi connectivity index (χ1n) is 21.9. The van der Waals surface area contributed by atoms with Crippen LogP contribution in [0.5, 0.6) is 11.5 Å². The summed E-state index contributed by atoms with van der Waals surface area (Å²) in [4.78, 5) is 68.4. The fourth-order valence-electron chi connectivity index (χ4n) is 9.11. The number of halogens is 1. The molecule has 0 bridgehead atoms. The minimum atomic E-state index is -1.54. The van der Waals surface area contributed by atoms with Crippen LogP contribution in [0.1, 0.15) is 66.7 Å². The number of amides is 3. The van der Waals surface area contributed by atoms with Crippen LogP contribution in [-0.2, 0) is 23.9 Å². The molecule has 3 aromatic rings. The summed E-state index contributed by atoms with van der Waals surface area (Å²) in [5, 5.41) is 22.6. The topological polar surface area (TPSA) is 194 Å². The number of hydrogen-bond donors (Lipinski definition) is 4. The van der Waals surface area contributed by atoms with Crippen molar-refractivity contribution < 1.29 is 43.2 Å². The van der Waals surface area contributed by atoms with Crippen molar-refractivity contribution in [1.82, 2.24) is 30.4 Å². The Morgan fingerprint density at radius 1 is 1.06 bits per heavy atom. The summed E-state index contributed by atoms with van der Waals surface area (Å²) in [7, 11) is 0. The molecule has 2 saturated heterocycles. The molecule has 0 radical (unpaired) electrons. The maximum atomic E-state index is 14.8. The molecule has 0 unspecified atom stereocenters. The molecule has 340 valence electrons. The number of carbonyl (C=O) groups excluding carboxylic acids is 3. The predicted molar refractivity (Wildman–Crippen MR) is 238 cm³/mol. The number of likely N-dealkylation sites (tertiary alicyclic amines) is 1. The molecule has 8 atom stereocenters. The van der Waals surface area contributed by atoms with Crippen molar-refractivity contribution in [3.63, 3.8) is 0 Å². The number of anilines is 1. The van der Waals surface area contributed by atoms with E-state index < -0.39 is 58.9 Å². The summed E-state index contributed by atoms with van der Waals surface area (Å²) in [6.45, 7) is 17.3. The SMILES string of the molecule is C=C[C@@H]1C[C@]1(NC(=O)[C@@H]1C[C@@H](Oc2cc(-c3csc(NC(C)C)n3)nc3c(Cl)c(OCCN4CCOCC4)ccc23)CN1C(=O)[C@@H](NC(=O)O[C@@H]1C[C@@H]2C[C@@H]2C1)C(C)(C)C)C(=O)O. The number of morpholine rings is 1. The van der Waals surface area contributed by atoms with Crippen LogP contribution in [0.3, 0.4) is 0 Å². The van der Waals surface area contributed by atoms with Crippen LogP contribution in [0.15, 0.2) is 36.2 Å². The van der Waals surface area contributed by atoms with Crippen molar-refractivity contribution in [1.29, 1.82) is 0 Å². The van der Waals surface area contributed by atoms with Crippen molar-refractivity contribution in [3.05, 3.63) is 41.3 Å². The monoisotopic (exact) mass is 907 g/mol. The molecule has 16 nitrogen and oxygen atoms in total. The summed E-state index contributed by atoms with van der Waals surface area (Å²) in [6.07, 6.45) is 2.85. The second-order valence-electron chi connectivity index (χ2n) is 18.9. The lowest BCUT2D eigenvalue weighted by Gasteiger charge is -2.35. The molecule has 4 N–H and O–H groups in total. The number of carboxylic acids is 1. The van der Waals surface area contributed by atoms with Crippen molar-refractivity contribution in [3.8, 4) is 22.9 Å². The first-order chi connectivity index (χ1) is 30.0. The van der Waals surface area contributed by atoms with Crippen molar-refractivity contribution >= 4 is 62.8 Å². The zero-order valence-corrected chi connectivity index (χ0v) is 38.1. The zero-order chi connectivity index (χ0) is 44.8. The van der Waals surface area contributed by atoms with Gasteiger partial charge in [0, 0.05) is 54.8 Å². The van der Waals surface area contributed by atoms with E-state index in [9.17, 15) is 24.3 Å². The number of ether oxygens (including phenoxy) is 4. The first kappa shape index (κ1) is 44.9. The van der Waals surface area contributed by atoms with E-state index in [1.54, 1.807) is 12.1 Å². The third kappa shape index (κ3) is 9.86. The van der Waals surface area contributed by atoms with Gasteiger partial charge in [0.25, 0.3) is 0 Å².